The maximum Gasteiger partial charge on any atom is 0.325 e. The van der Waals surface area contributed by atoms with Crippen molar-refractivity contribution >= 4 is 6.03 Å². The molecule has 2 aliphatic rings. The van der Waals surface area contributed by atoms with E-state index in [0.29, 0.717) is 17.0 Å². The third-order valence-electron chi connectivity index (χ3n) is 4.75. The average molecular weight is 299 g/mol. The van der Waals surface area contributed by atoms with E-state index < -0.39 is 0 Å². The van der Waals surface area contributed by atoms with Crippen LogP contribution in [0.5, 0.6) is 0 Å². The number of aromatic nitrogens is 1. The molecule has 5 heteroatoms. The molecule has 3 heterocycles. The summed E-state index contributed by atoms with van der Waals surface area (Å²) in [5.41, 5.74) is 1.23. The number of benzene rings is 1. The van der Waals surface area contributed by atoms with Gasteiger partial charge in [0.05, 0.1) is 0 Å². The Kier molecular flexibility index (Phi) is 3.22. The number of nitrogens with one attached hydrogen (secondary N) is 1. The Bertz CT molecular complexity index is 711. The molecule has 1 N–H and O–H groups in total. The van der Waals surface area contributed by atoms with Gasteiger partial charge >= 0.3 is 6.03 Å². The number of halogens is 1. The quantitative estimate of drug-likeness (QED) is 0.925. The van der Waals surface area contributed by atoms with Gasteiger partial charge in [-0.15, -0.1) is 0 Å². The lowest BCUT2D eigenvalue weighted by Gasteiger charge is -2.23. The van der Waals surface area contributed by atoms with E-state index in [1.807, 2.05) is 0 Å². The van der Waals surface area contributed by atoms with Crippen LogP contribution in [0, 0.1) is 11.7 Å². The van der Waals surface area contributed by atoms with E-state index in [1.165, 1.54) is 10.6 Å². The number of rotatable bonds is 2. The molecule has 0 saturated carbocycles. The van der Waals surface area contributed by atoms with Crippen molar-refractivity contribution in [3.8, 4) is 11.1 Å². The fourth-order valence-corrected chi connectivity index (χ4v) is 3.56. The minimum absolute atomic E-state index is 0.138. The van der Waals surface area contributed by atoms with Crippen molar-refractivity contribution in [2.45, 2.75) is 12.5 Å². The van der Waals surface area contributed by atoms with E-state index in [0.717, 1.165) is 26.1 Å². The van der Waals surface area contributed by atoms with Crippen LogP contribution in [-0.4, -0.2) is 41.2 Å². The topological polar surface area (TPSA) is 37.3 Å². The lowest BCUT2D eigenvalue weighted by Crippen LogP contribution is -2.44. The summed E-state index contributed by atoms with van der Waals surface area (Å²) in [5.74, 6) is 0.298. The summed E-state index contributed by atoms with van der Waals surface area (Å²) in [7, 11) is 0. The summed E-state index contributed by atoms with van der Waals surface area (Å²) >= 11 is 0. The number of piperidine rings is 1. The zero-order valence-electron chi connectivity index (χ0n) is 12.2. The van der Waals surface area contributed by atoms with Gasteiger partial charge in [0.1, 0.15) is 5.82 Å². The van der Waals surface area contributed by atoms with Crippen LogP contribution >= 0.6 is 0 Å². The highest BCUT2D eigenvalue weighted by Gasteiger charge is 2.38. The summed E-state index contributed by atoms with van der Waals surface area (Å²) in [6.07, 6.45) is 4.53. The van der Waals surface area contributed by atoms with Crippen molar-refractivity contribution in [1.82, 2.24) is 14.8 Å². The van der Waals surface area contributed by atoms with Crippen molar-refractivity contribution < 1.29 is 9.18 Å². The van der Waals surface area contributed by atoms with Crippen LogP contribution in [0.1, 0.15) is 6.42 Å². The van der Waals surface area contributed by atoms with Crippen LogP contribution in [0.3, 0.4) is 0 Å². The zero-order valence-corrected chi connectivity index (χ0v) is 12.2. The van der Waals surface area contributed by atoms with Crippen LogP contribution in [0.15, 0.2) is 42.7 Å². The van der Waals surface area contributed by atoms with Crippen molar-refractivity contribution in [3.05, 3.63) is 48.5 Å². The molecule has 2 fully saturated rings. The van der Waals surface area contributed by atoms with Gasteiger partial charge in [0.25, 0.3) is 0 Å². The summed E-state index contributed by atoms with van der Waals surface area (Å²) in [4.78, 5) is 14.7. The molecule has 2 aliphatic heterocycles. The van der Waals surface area contributed by atoms with Gasteiger partial charge < -0.3 is 10.2 Å². The molecule has 2 aromatic rings. The normalized spacial score (nSPS) is 26.3. The van der Waals surface area contributed by atoms with Gasteiger partial charge in [-0.25, -0.2) is 9.18 Å². The molecular weight excluding hydrogens is 281 g/mol. The molecule has 4 rings (SSSR count). The van der Waals surface area contributed by atoms with Gasteiger partial charge in [0, 0.05) is 42.7 Å². The van der Waals surface area contributed by atoms with Gasteiger partial charge in [-0.1, -0.05) is 18.2 Å². The monoisotopic (exact) mass is 299 g/mol. The summed E-state index contributed by atoms with van der Waals surface area (Å²) < 4.78 is 15.3. The number of carbonyl (C=O) groups is 1. The van der Waals surface area contributed by atoms with Gasteiger partial charge in [0.15, 0.2) is 0 Å². The van der Waals surface area contributed by atoms with Gasteiger partial charge in [-0.05, 0) is 31.0 Å². The molecule has 1 aromatic heterocycles. The Hall–Kier alpha value is -2.14. The predicted molar refractivity (Wildman–Crippen MR) is 82.1 cm³/mol. The summed E-state index contributed by atoms with van der Waals surface area (Å²) in [5, 5.41) is 3.09. The number of amides is 1. The number of hydrogen-bond acceptors (Lipinski definition) is 2. The van der Waals surface area contributed by atoms with Crippen LogP contribution in [0.2, 0.25) is 0 Å². The molecule has 2 bridgehead atoms. The molecule has 114 valence electrons. The molecule has 0 aliphatic carbocycles. The number of fused-ring (bicyclic) bond motifs is 2. The third kappa shape index (κ3) is 2.31. The van der Waals surface area contributed by atoms with E-state index >= 15 is 0 Å². The lowest BCUT2D eigenvalue weighted by molar-refractivity contribution is 0.231. The SMILES string of the molecule is O=C(NC1CN2CC[C@H]1C2)n1ccc(-c2ccccc2F)c1. The first-order chi connectivity index (χ1) is 10.7. The molecule has 2 unspecified atom stereocenters. The second-order valence-electron chi connectivity index (χ2n) is 6.15. The van der Waals surface area contributed by atoms with Gasteiger partial charge in [-0.3, -0.25) is 4.57 Å². The molecule has 4 nitrogen and oxygen atoms in total. The second kappa shape index (κ2) is 5.25. The first-order valence-corrected chi connectivity index (χ1v) is 7.67. The van der Waals surface area contributed by atoms with Crippen molar-refractivity contribution in [3.63, 3.8) is 0 Å². The van der Waals surface area contributed by atoms with Crippen molar-refractivity contribution in [2.75, 3.05) is 19.6 Å². The first-order valence-electron chi connectivity index (χ1n) is 7.67. The summed E-state index contributed by atoms with van der Waals surface area (Å²) in [6.45, 7) is 3.19. The standard InChI is InChI=1S/C17H18FN3O/c18-15-4-2-1-3-14(15)12-6-8-21(10-12)17(22)19-16-11-20-7-5-13(16)9-20/h1-4,6,8,10,13,16H,5,7,9,11H2,(H,19,22)/t13-,16?/m0/s1. The largest absolute Gasteiger partial charge is 0.333 e. The summed E-state index contributed by atoms with van der Waals surface area (Å²) in [6, 6.07) is 8.46. The minimum atomic E-state index is -0.276. The zero-order chi connectivity index (χ0) is 15.1. The van der Waals surface area contributed by atoms with Crippen LogP contribution < -0.4 is 5.32 Å². The maximum absolute atomic E-state index is 13.8. The first kappa shape index (κ1) is 13.5. The van der Waals surface area contributed by atoms with Crippen molar-refractivity contribution in [1.29, 1.82) is 0 Å². The number of nitrogens with zero attached hydrogens (tertiary/aromatic N) is 2. The fraction of sp³-hybridized carbons (Fsp3) is 0.353. The molecule has 0 spiro atoms. The predicted octanol–water partition coefficient (Wildman–Crippen LogP) is 2.56. The van der Waals surface area contributed by atoms with E-state index in [9.17, 15) is 9.18 Å². The Morgan fingerprint density at radius 2 is 2.09 bits per heavy atom. The Morgan fingerprint density at radius 3 is 2.82 bits per heavy atom. The third-order valence-corrected chi connectivity index (χ3v) is 4.75. The van der Waals surface area contributed by atoms with Crippen LogP contribution in [-0.2, 0) is 0 Å². The van der Waals surface area contributed by atoms with Crippen molar-refractivity contribution in [2.24, 2.45) is 5.92 Å². The van der Waals surface area contributed by atoms with E-state index in [2.05, 4.69) is 10.2 Å². The van der Waals surface area contributed by atoms with Crippen LogP contribution in [0.4, 0.5) is 9.18 Å². The number of carbonyl (C=O) groups excluding carboxylic acids is 1. The highest BCUT2D eigenvalue weighted by Crippen LogP contribution is 2.28. The minimum Gasteiger partial charge on any atom is -0.333 e. The van der Waals surface area contributed by atoms with E-state index in [1.54, 1.807) is 36.7 Å². The molecule has 1 aromatic carbocycles. The highest BCUT2D eigenvalue weighted by molar-refractivity contribution is 5.79. The highest BCUT2D eigenvalue weighted by atomic mass is 19.1. The molecule has 0 radical (unpaired) electrons. The second-order valence-corrected chi connectivity index (χ2v) is 6.15. The number of hydrogen-bond donors (Lipinski definition) is 1. The van der Waals surface area contributed by atoms with Gasteiger partial charge in [0.2, 0.25) is 0 Å². The smallest absolute Gasteiger partial charge is 0.325 e. The molecular formula is C17H18FN3O. The molecule has 3 atom stereocenters. The molecule has 2 saturated heterocycles. The van der Waals surface area contributed by atoms with Crippen LogP contribution in [0.25, 0.3) is 11.1 Å². The Labute approximate surface area is 128 Å². The Morgan fingerprint density at radius 1 is 1.23 bits per heavy atom. The molecule has 1 amide bonds. The van der Waals surface area contributed by atoms with Gasteiger partial charge in [-0.2, -0.15) is 0 Å². The average Bonchev–Trinajstić information content (AvgIpc) is 3.24. The lowest BCUT2D eigenvalue weighted by atomic mass is 10.0. The molecule has 22 heavy (non-hydrogen) atoms. The Balaban J connectivity index is 1.49. The maximum atomic E-state index is 13.8. The fourth-order valence-electron chi connectivity index (χ4n) is 3.56. The van der Waals surface area contributed by atoms with E-state index in [-0.39, 0.29) is 17.9 Å². The van der Waals surface area contributed by atoms with E-state index in [4.69, 9.17) is 0 Å².